The minimum absolute atomic E-state index is 0.164. The highest BCUT2D eigenvalue weighted by molar-refractivity contribution is 6.01. The summed E-state index contributed by atoms with van der Waals surface area (Å²) >= 11 is 0. The largest absolute Gasteiger partial charge is 0.478 e. The summed E-state index contributed by atoms with van der Waals surface area (Å²) in [6, 6.07) is 5.24. The van der Waals surface area contributed by atoms with Crippen molar-refractivity contribution < 1.29 is 14.7 Å². The zero-order valence-electron chi connectivity index (χ0n) is 12.6. The number of hydrogen-bond donors (Lipinski definition) is 2. The quantitative estimate of drug-likeness (QED) is 0.842. The van der Waals surface area contributed by atoms with Gasteiger partial charge in [0.05, 0.1) is 11.3 Å². The Labute approximate surface area is 125 Å². The average Bonchev–Trinajstić information content (AvgIpc) is 3.23. The smallest absolute Gasteiger partial charge is 0.338 e. The predicted molar refractivity (Wildman–Crippen MR) is 81.8 cm³/mol. The summed E-state index contributed by atoms with van der Waals surface area (Å²) in [7, 11) is 0. The highest BCUT2D eigenvalue weighted by Crippen LogP contribution is 2.28. The number of rotatable bonds is 6. The van der Waals surface area contributed by atoms with Crippen LogP contribution in [-0.2, 0) is 0 Å². The molecule has 1 aromatic rings. The van der Waals surface area contributed by atoms with Crippen molar-refractivity contribution in [3.8, 4) is 0 Å². The normalized spacial score (nSPS) is 13.8. The first-order valence-electron chi connectivity index (χ1n) is 7.45. The first kappa shape index (κ1) is 15.4. The van der Waals surface area contributed by atoms with Gasteiger partial charge in [0.15, 0.2) is 0 Å². The molecule has 1 aromatic carbocycles. The lowest BCUT2D eigenvalue weighted by molar-refractivity contribution is 0.0697. The fourth-order valence-electron chi connectivity index (χ4n) is 2.41. The zero-order chi connectivity index (χ0) is 15.4. The molecule has 21 heavy (non-hydrogen) atoms. The van der Waals surface area contributed by atoms with Crippen LogP contribution in [0.5, 0.6) is 0 Å². The van der Waals surface area contributed by atoms with E-state index in [2.05, 4.69) is 12.2 Å². The molecule has 5 nitrogen and oxygen atoms in total. The molecule has 2 amide bonds. The second-order valence-corrected chi connectivity index (χ2v) is 5.51. The Morgan fingerprint density at radius 1 is 1.38 bits per heavy atom. The number of carbonyl (C=O) groups excluding carboxylic acids is 1. The highest BCUT2D eigenvalue weighted by atomic mass is 16.4. The molecule has 0 bridgehead atoms. The van der Waals surface area contributed by atoms with Crippen molar-refractivity contribution in [1.82, 2.24) is 4.90 Å². The Hall–Kier alpha value is -2.04. The van der Waals surface area contributed by atoms with Gasteiger partial charge in [0.1, 0.15) is 0 Å². The van der Waals surface area contributed by atoms with E-state index in [4.69, 9.17) is 0 Å². The lowest BCUT2D eigenvalue weighted by Gasteiger charge is -2.23. The average molecular weight is 290 g/mol. The van der Waals surface area contributed by atoms with Crippen molar-refractivity contribution in [2.75, 3.05) is 11.9 Å². The van der Waals surface area contributed by atoms with E-state index in [0.717, 1.165) is 32.2 Å². The van der Waals surface area contributed by atoms with E-state index in [1.54, 1.807) is 25.1 Å². The number of benzene rings is 1. The van der Waals surface area contributed by atoms with Crippen molar-refractivity contribution in [3.05, 3.63) is 29.3 Å². The summed E-state index contributed by atoms with van der Waals surface area (Å²) in [5, 5.41) is 12.1. The van der Waals surface area contributed by atoms with E-state index in [9.17, 15) is 14.7 Å². The number of hydrogen-bond acceptors (Lipinski definition) is 2. The Balaban J connectivity index is 2.14. The summed E-state index contributed by atoms with van der Waals surface area (Å²) in [5.41, 5.74) is 1.18. The molecule has 1 aliphatic carbocycles. The van der Waals surface area contributed by atoms with Gasteiger partial charge in [-0.1, -0.05) is 25.5 Å². The second kappa shape index (κ2) is 6.61. The number of nitrogens with zero attached hydrogens (tertiary/aromatic N) is 1. The molecule has 2 rings (SSSR count). The molecular weight excluding hydrogens is 268 g/mol. The van der Waals surface area contributed by atoms with Crippen molar-refractivity contribution in [2.24, 2.45) is 0 Å². The minimum Gasteiger partial charge on any atom is -0.478 e. The van der Waals surface area contributed by atoms with E-state index in [-0.39, 0.29) is 11.6 Å². The fourth-order valence-corrected chi connectivity index (χ4v) is 2.41. The summed E-state index contributed by atoms with van der Waals surface area (Å²) < 4.78 is 0. The molecular formula is C16H22N2O3. The summed E-state index contributed by atoms with van der Waals surface area (Å²) in [6.07, 6.45) is 4.07. The number of unbranched alkanes of at least 4 members (excludes halogenated alkanes) is 1. The molecule has 0 aromatic heterocycles. The number of nitrogens with one attached hydrogen (secondary N) is 1. The fraction of sp³-hybridized carbons (Fsp3) is 0.500. The SMILES string of the molecule is CCCCN(C(=O)Nc1cccc(C)c1C(=O)O)C1CC1. The Morgan fingerprint density at radius 3 is 2.67 bits per heavy atom. The van der Waals surface area contributed by atoms with Crippen LogP contribution in [0.25, 0.3) is 0 Å². The van der Waals surface area contributed by atoms with E-state index >= 15 is 0 Å². The van der Waals surface area contributed by atoms with Crippen LogP contribution < -0.4 is 5.32 Å². The number of amides is 2. The second-order valence-electron chi connectivity index (χ2n) is 5.51. The van der Waals surface area contributed by atoms with E-state index in [0.29, 0.717) is 17.3 Å². The van der Waals surface area contributed by atoms with Crippen LogP contribution in [0.4, 0.5) is 10.5 Å². The maximum atomic E-state index is 12.4. The van der Waals surface area contributed by atoms with Crippen LogP contribution in [0.3, 0.4) is 0 Å². The van der Waals surface area contributed by atoms with Gasteiger partial charge in [0.25, 0.3) is 0 Å². The first-order valence-corrected chi connectivity index (χ1v) is 7.45. The monoisotopic (exact) mass is 290 g/mol. The van der Waals surface area contributed by atoms with Crippen LogP contribution in [-0.4, -0.2) is 34.6 Å². The van der Waals surface area contributed by atoms with Gasteiger partial charge in [-0.05, 0) is 37.8 Å². The van der Waals surface area contributed by atoms with Gasteiger partial charge in [-0.15, -0.1) is 0 Å². The maximum absolute atomic E-state index is 12.4. The molecule has 1 fully saturated rings. The van der Waals surface area contributed by atoms with E-state index in [1.807, 2.05) is 4.90 Å². The predicted octanol–water partition coefficient (Wildman–Crippen LogP) is 3.49. The molecule has 0 saturated heterocycles. The number of carboxylic acids is 1. The molecule has 0 heterocycles. The Bertz CT molecular complexity index is 538. The standard InChI is InChI=1S/C16H22N2O3/c1-3-4-10-18(12-8-9-12)16(21)17-13-7-5-6-11(2)14(13)15(19)20/h5-7,12H,3-4,8-10H2,1-2H3,(H,17,21)(H,19,20). The number of carbonyl (C=O) groups is 2. The molecule has 0 aliphatic heterocycles. The molecule has 2 N–H and O–H groups in total. The summed E-state index contributed by atoms with van der Waals surface area (Å²) in [5.74, 6) is -1.02. The van der Waals surface area contributed by atoms with Gasteiger partial charge in [0.2, 0.25) is 0 Å². The summed E-state index contributed by atoms with van der Waals surface area (Å²) in [4.78, 5) is 25.6. The van der Waals surface area contributed by atoms with Crippen LogP contribution in [0.15, 0.2) is 18.2 Å². The third kappa shape index (κ3) is 3.74. The topological polar surface area (TPSA) is 69.6 Å². The first-order chi connectivity index (χ1) is 10.0. The lowest BCUT2D eigenvalue weighted by Crippen LogP contribution is -2.37. The van der Waals surface area contributed by atoms with Crippen molar-refractivity contribution in [3.63, 3.8) is 0 Å². The van der Waals surface area contributed by atoms with Crippen molar-refractivity contribution >= 4 is 17.7 Å². The van der Waals surface area contributed by atoms with Gasteiger partial charge in [-0.25, -0.2) is 9.59 Å². The van der Waals surface area contributed by atoms with Crippen LogP contribution in [0, 0.1) is 6.92 Å². The van der Waals surface area contributed by atoms with Crippen molar-refractivity contribution in [1.29, 1.82) is 0 Å². The van der Waals surface area contributed by atoms with E-state index < -0.39 is 5.97 Å². The van der Waals surface area contributed by atoms with Crippen LogP contribution in [0.1, 0.15) is 48.5 Å². The number of aromatic carboxylic acids is 1. The maximum Gasteiger partial charge on any atom is 0.338 e. The van der Waals surface area contributed by atoms with Gasteiger partial charge in [-0.3, -0.25) is 0 Å². The Morgan fingerprint density at radius 2 is 2.10 bits per heavy atom. The van der Waals surface area contributed by atoms with Gasteiger partial charge in [0, 0.05) is 12.6 Å². The molecule has 0 spiro atoms. The molecule has 0 atom stereocenters. The third-order valence-corrected chi connectivity index (χ3v) is 3.73. The van der Waals surface area contributed by atoms with Gasteiger partial charge < -0.3 is 15.3 Å². The van der Waals surface area contributed by atoms with Crippen LogP contribution >= 0.6 is 0 Å². The van der Waals surface area contributed by atoms with E-state index in [1.165, 1.54) is 0 Å². The number of carboxylic acid groups (broad SMARTS) is 1. The highest BCUT2D eigenvalue weighted by Gasteiger charge is 2.32. The lowest BCUT2D eigenvalue weighted by atomic mass is 10.1. The zero-order valence-corrected chi connectivity index (χ0v) is 12.6. The molecule has 0 radical (unpaired) electrons. The third-order valence-electron chi connectivity index (χ3n) is 3.73. The number of anilines is 1. The van der Waals surface area contributed by atoms with Gasteiger partial charge in [-0.2, -0.15) is 0 Å². The minimum atomic E-state index is -1.02. The Kier molecular flexibility index (Phi) is 4.83. The van der Waals surface area contributed by atoms with Crippen LogP contribution in [0.2, 0.25) is 0 Å². The molecule has 114 valence electrons. The molecule has 5 heteroatoms. The number of urea groups is 1. The summed E-state index contributed by atoms with van der Waals surface area (Å²) in [6.45, 7) is 4.54. The molecule has 1 saturated carbocycles. The molecule has 1 aliphatic rings. The van der Waals surface area contributed by atoms with Gasteiger partial charge >= 0.3 is 12.0 Å². The molecule has 0 unspecified atom stereocenters. The number of aryl methyl sites for hydroxylation is 1. The van der Waals surface area contributed by atoms with Crippen molar-refractivity contribution in [2.45, 2.75) is 45.6 Å².